The van der Waals surface area contributed by atoms with Crippen molar-refractivity contribution < 1.29 is 18.8 Å². The van der Waals surface area contributed by atoms with Crippen molar-refractivity contribution in [2.75, 3.05) is 20.2 Å². The van der Waals surface area contributed by atoms with Crippen LogP contribution in [0.25, 0.3) is 0 Å². The summed E-state index contributed by atoms with van der Waals surface area (Å²) in [5.74, 6) is 1.66. The van der Waals surface area contributed by atoms with Gasteiger partial charge in [-0.05, 0) is 33.1 Å². The minimum atomic E-state index is -0.441. The van der Waals surface area contributed by atoms with E-state index in [-0.39, 0.29) is 6.09 Å². The van der Waals surface area contributed by atoms with Gasteiger partial charge in [0.05, 0.1) is 0 Å². The van der Waals surface area contributed by atoms with Crippen LogP contribution >= 0.6 is 0 Å². The lowest BCUT2D eigenvalue weighted by Crippen LogP contribution is -2.51. The summed E-state index contributed by atoms with van der Waals surface area (Å²) < 4.78 is 15.4. The van der Waals surface area contributed by atoms with Crippen molar-refractivity contribution in [2.24, 2.45) is 5.92 Å². The standard InChI is InChI=1S/C14H23N3O4/c1-14(2,3)20-13(18)17-7-10(8-17)5-6-12-15-11(9-19-4)16-21-12/h10H,5-9H2,1-4H3. The number of nitrogens with zero attached hydrogens (tertiary/aromatic N) is 3. The normalized spacial score (nSPS) is 15.9. The molecule has 0 radical (unpaired) electrons. The van der Waals surface area contributed by atoms with Crippen LogP contribution in [0.4, 0.5) is 4.79 Å². The number of methoxy groups -OCH3 is 1. The van der Waals surface area contributed by atoms with Gasteiger partial charge in [0.2, 0.25) is 5.89 Å². The van der Waals surface area contributed by atoms with E-state index in [1.165, 1.54) is 0 Å². The maximum Gasteiger partial charge on any atom is 0.410 e. The smallest absolute Gasteiger partial charge is 0.410 e. The van der Waals surface area contributed by atoms with E-state index in [9.17, 15) is 4.79 Å². The fourth-order valence-electron chi connectivity index (χ4n) is 2.14. The lowest BCUT2D eigenvalue weighted by atomic mass is 9.95. The van der Waals surface area contributed by atoms with Crippen LogP contribution < -0.4 is 0 Å². The number of aromatic nitrogens is 2. The fourth-order valence-corrected chi connectivity index (χ4v) is 2.14. The average Bonchev–Trinajstić information content (AvgIpc) is 2.73. The SMILES string of the molecule is COCc1noc(CCC2CN(C(=O)OC(C)(C)C)C2)n1. The number of hydrogen-bond acceptors (Lipinski definition) is 6. The first kappa shape index (κ1) is 15.8. The largest absolute Gasteiger partial charge is 0.444 e. The van der Waals surface area contributed by atoms with Gasteiger partial charge in [-0.25, -0.2) is 4.79 Å². The number of ether oxygens (including phenoxy) is 2. The Hall–Kier alpha value is -1.63. The molecule has 1 fully saturated rings. The second-order valence-corrected chi connectivity index (χ2v) is 6.33. The minimum Gasteiger partial charge on any atom is -0.444 e. The molecule has 1 aliphatic heterocycles. The van der Waals surface area contributed by atoms with Crippen LogP contribution in [0.2, 0.25) is 0 Å². The highest BCUT2D eigenvalue weighted by Crippen LogP contribution is 2.23. The highest BCUT2D eigenvalue weighted by molar-refractivity contribution is 5.69. The molecule has 2 heterocycles. The third-order valence-electron chi connectivity index (χ3n) is 3.16. The topological polar surface area (TPSA) is 77.7 Å². The average molecular weight is 297 g/mol. The molecule has 1 aromatic heterocycles. The maximum atomic E-state index is 11.8. The van der Waals surface area contributed by atoms with Gasteiger partial charge in [-0.3, -0.25) is 0 Å². The number of carbonyl (C=O) groups is 1. The number of likely N-dealkylation sites (tertiary alicyclic amines) is 1. The predicted octanol–water partition coefficient (Wildman–Crippen LogP) is 2.02. The van der Waals surface area contributed by atoms with Gasteiger partial charge in [0.1, 0.15) is 12.2 Å². The van der Waals surface area contributed by atoms with E-state index >= 15 is 0 Å². The number of aryl methyl sites for hydroxylation is 1. The van der Waals surface area contributed by atoms with Crippen molar-refractivity contribution in [3.63, 3.8) is 0 Å². The summed E-state index contributed by atoms with van der Waals surface area (Å²) in [5.41, 5.74) is -0.441. The summed E-state index contributed by atoms with van der Waals surface area (Å²) in [6.07, 6.45) is 1.41. The molecule has 7 heteroatoms. The van der Waals surface area contributed by atoms with Gasteiger partial charge in [-0.15, -0.1) is 0 Å². The second kappa shape index (κ2) is 6.43. The second-order valence-electron chi connectivity index (χ2n) is 6.33. The zero-order valence-electron chi connectivity index (χ0n) is 13.1. The third kappa shape index (κ3) is 4.70. The Morgan fingerprint density at radius 2 is 2.14 bits per heavy atom. The molecule has 0 bridgehead atoms. The molecular formula is C14H23N3O4. The van der Waals surface area contributed by atoms with Crippen molar-refractivity contribution in [3.05, 3.63) is 11.7 Å². The van der Waals surface area contributed by atoms with Gasteiger partial charge in [0, 0.05) is 26.6 Å². The van der Waals surface area contributed by atoms with E-state index in [1.54, 1.807) is 12.0 Å². The number of hydrogen-bond donors (Lipinski definition) is 0. The molecule has 0 aliphatic carbocycles. The lowest BCUT2D eigenvalue weighted by molar-refractivity contribution is -0.00224. The molecule has 0 N–H and O–H groups in total. The number of carbonyl (C=O) groups excluding carboxylic acids is 1. The molecule has 1 aromatic rings. The van der Waals surface area contributed by atoms with Gasteiger partial charge >= 0.3 is 6.09 Å². The van der Waals surface area contributed by atoms with Crippen molar-refractivity contribution in [3.8, 4) is 0 Å². The molecule has 0 unspecified atom stereocenters. The first-order valence-corrected chi connectivity index (χ1v) is 7.15. The molecule has 0 spiro atoms. The van der Waals surface area contributed by atoms with Crippen LogP contribution in [0.15, 0.2) is 4.52 Å². The number of amides is 1. The summed E-state index contributed by atoms with van der Waals surface area (Å²) in [5, 5.41) is 3.82. The number of rotatable bonds is 5. The third-order valence-corrected chi connectivity index (χ3v) is 3.16. The van der Waals surface area contributed by atoms with E-state index in [1.807, 2.05) is 20.8 Å². The molecule has 0 aromatic carbocycles. The summed E-state index contributed by atoms with van der Waals surface area (Å²) in [6, 6.07) is 0. The Labute approximate surface area is 124 Å². The minimum absolute atomic E-state index is 0.237. The molecule has 0 atom stereocenters. The van der Waals surface area contributed by atoms with Gasteiger partial charge in [-0.1, -0.05) is 5.16 Å². The first-order valence-electron chi connectivity index (χ1n) is 7.15. The van der Waals surface area contributed by atoms with Crippen LogP contribution in [0, 0.1) is 5.92 Å². The van der Waals surface area contributed by atoms with Crippen molar-refractivity contribution in [1.82, 2.24) is 15.0 Å². The zero-order chi connectivity index (χ0) is 15.5. The summed E-state index contributed by atoms with van der Waals surface area (Å²) in [4.78, 5) is 17.7. The lowest BCUT2D eigenvalue weighted by Gasteiger charge is -2.39. The molecule has 7 nitrogen and oxygen atoms in total. The first-order chi connectivity index (χ1) is 9.87. The monoisotopic (exact) mass is 297 g/mol. The summed E-state index contributed by atoms with van der Waals surface area (Å²) in [6.45, 7) is 7.43. The molecule has 2 rings (SSSR count). The summed E-state index contributed by atoms with van der Waals surface area (Å²) >= 11 is 0. The van der Waals surface area contributed by atoms with E-state index in [2.05, 4.69) is 10.1 Å². The molecule has 118 valence electrons. The Bertz CT molecular complexity index is 475. The fraction of sp³-hybridized carbons (Fsp3) is 0.786. The van der Waals surface area contributed by atoms with Crippen LogP contribution in [0.1, 0.15) is 38.9 Å². The van der Waals surface area contributed by atoms with Crippen molar-refractivity contribution >= 4 is 6.09 Å². The van der Waals surface area contributed by atoms with Gasteiger partial charge in [0.15, 0.2) is 5.82 Å². The Morgan fingerprint density at radius 1 is 1.43 bits per heavy atom. The summed E-state index contributed by atoms with van der Waals surface area (Å²) in [7, 11) is 1.59. The Balaban J connectivity index is 1.67. The highest BCUT2D eigenvalue weighted by Gasteiger charge is 2.33. The van der Waals surface area contributed by atoms with E-state index in [0.717, 1.165) is 25.9 Å². The predicted molar refractivity (Wildman–Crippen MR) is 74.6 cm³/mol. The van der Waals surface area contributed by atoms with Crippen LogP contribution in [-0.4, -0.2) is 46.9 Å². The van der Waals surface area contributed by atoms with Crippen molar-refractivity contribution in [2.45, 2.75) is 45.8 Å². The van der Waals surface area contributed by atoms with Gasteiger partial charge in [0.25, 0.3) is 0 Å². The Morgan fingerprint density at radius 3 is 2.76 bits per heavy atom. The molecule has 1 aliphatic rings. The van der Waals surface area contributed by atoms with Crippen molar-refractivity contribution in [1.29, 1.82) is 0 Å². The molecule has 21 heavy (non-hydrogen) atoms. The van der Waals surface area contributed by atoms with E-state index in [0.29, 0.717) is 24.2 Å². The molecule has 1 saturated heterocycles. The van der Waals surface area contributed by atoms with Gasteiger partial charge in [-0.2, -0.15) is 4.98 Å². The van der Waals surface area contributed by atoms with Crippen LogP contribution in [-0.2, 0) is 22.5 Å². The van der Waals surface area contributed by atoms with Crippen LogP contribution in [0.5, 0.6) is 0 Å². The quantitative estimate of drug-likeness (QED) is 0.827. The molecule has 0 saturated carbocycles. The van der Waals surface area contributed by atoms with Gasteiger partial charge < -0.3 is 18.9 Å². The van der Waals surface area contributed by atoms with E-state index in [4.69, 9.17) is 14.0 Å². The van der Waals surface area contributed by atoms with E-state index < -0.39 is 5.60 Å². The Kier molecular flexibility index (Phi) is 4.82. The molecular weight excluding hydrogens is 274 g/mol. The maximum absolute atomic E-state index is 11.8. The molecule has 1 amide bonds. The zero-order valence-corrected chi connectivity index (χ0v) is 13.1. The highest BCUT2D eigenvalue weighted by atomic mass is 16.6. The van der Waals surface area contributed by atoms with Crippen LogP contribution in [0.3, 0.4) is 0 Å².